The SMILES string of the molecule is COc1cccc(C2C[C@@H](O)c3cc(Br)ccc3O2)c1. The lowest BCUT2D eigenvalue weighted by atomic mass is 9.95. The fourth-order valence-electron chi connectivity index (χ4n) is 2.46. The summed E-state index contributed by atoms with van der Waals surface area (Å²) in [6, 6.07) is 13.5. The third kappa shape index (κ3) is 2.53. The molecule has 0 saturated heterocycles. The summed E-state index contributed by atoms with van der Waals surface area (Å²) in [6.07, 6.45) is -0.141. The topological polar surface area (TPSA) is 38.7 Å². The Kier molecular flexibility index (Phi) is 3.68. The highest BCUT2D eigenvalue weighted by Gasteiger charge is 2.28. The molecule has 2 aromatic carbocycles. The van der Waals surface area contributed by atoms with Crippen molar-refractivity contribution < 1.29 is 14.6 Å². The molecule has 1 unspecified atom stereocenters. The van der Waals surface area contributed by atoms with Crippen LogP contribution in [0.25, 0.3) is 0 Å². The lowest BCUT2D eigenvalue weighted by Gasteiger charge is -2.30. The predicted octanol–water partition coefficient (Wildman–Crippen LogP) is 4.01. The van der Waals surface area contributed by atoms with Gasteiger partial charge in [0.15, 0.2) is 0 Å². The van der Waals surface area contributed by atoms with Crippen LogP contribution in [0.15, 0.2) is 46.9 Å². The standard InChI is InChI=1S/C16H15BrO3/c1-19-12-4-2-3-10(7-12)16-9-14(18)13-8-11(17)5-6-15(13)20-16/h2-8,14,16,18H,9H2,1H3/t14-,16?/m1/s1. The van der Waals surface area contributed by atoms with Gasteiger partial charge in [0.1, 0.15) is 17.6 Å². The molecule has 0 aliphatic carbocycles. The summed E-state index contributed by atoms with van der Waals surface area (Å²) in [7, 11) is 1.64. The fraction of sp³-hybridized carbons (Fsp3) is 0.250. The predicted molar refractivity (Wildman–Crippen MR) is 80.1 cm³/mol. The van der Waals surface area contributed by atoms with Crippen molar-refractivity contribution in [2.24, 2.45) is 0 Å². The van der Waals surface area contributed by atoms with Crippen LogP contribution in [0.3, 0.4) is 0 Å². The number of hydrogen-bond donors (Lipinski definition) is 1. The van der Waals surface area contributed by atoms with E-state index in [1.807, 2.05) is 42.5 Å². The number of hydrogen-bond acceptors (Lipinski definition) is 3. The van der Waals surface area contributed by atoms with Crippen molar-refractivity contribution in [2.45, 2.75) is 18.6 Å². The molecule has 2 atom stereocenters. The summed E-state index contributed by atoms with van der Waals surface area (Å²) in [5, 5.41) is 10.3. The van der Waals surface area contributed by atoms with Gasteiger partial charge < -0.3 is 14.6 Å². The van der Waals surface area contributed by atoms with Crippen LogP contribution in [0.4, 0.5) is 0 Å². The van der Waals surface area contributed by atoms with Crippen molar-refractivity contribution in [3.05, 3.63) is 58.1 Å². The second kappa shape index (κ2) is 5.46. The van der Waals surface area contributed by atoms with Crippen molar-refractivity contribution in [2.75, 3.05) is 7.11 Å². The Morgan fingerprint density at radius 2 is 2.10 bits per heavy atom. The van der Waals surface area contributed by atoms with Crippen molar-refractivity contribution in [3.8, 4) is 11.5 Å². The number of aliphatic hydroxyl groups excluding tert-OH is 1. The summed E-state index contributed by atoms with van der Waals surface area (Å²) in [5.41, 5.74) is 1.84. The Morgan fingerprint density at radius 1 is 1.25 bits per heavy atom. The Labute approximate surface area is 126 Å². The molecular formula is C16H15BrO3. The lowest BCUT2D eigenvalue weighted by molar-refractivity contribution is 0.0656. The normalized spacial score (nSPS) is 20.9. The second-order valence-electron chi connectivity index (χ2n) is 4.82. The number of ether oxygens (including phenoxy) is 2. The van der Waals surface area contributed by atoms with Gasteiger partial charge in [-0.05, 0) is 35.9 Å². The maximum atomic E-state index is 10.3. The number of halogens is 1. The zero-order valence-electron chi connectivity index (χ0n) is 11.0. The number of aliphatic hydroxyl groups is 1. The minimum atomic E-state index is -0.521. The molecule has 0 fully saturated rings. The molecule has 0 bridgehead atoms. The summed E-state index contributed by atoms with van der Waals surface area (Å²) in [6.45, 7) is 0. The molecule has 1 N–H and O–H groups in total. The largest absolute Gasteiger partial charge is 0.497 e. The van der Waals surface area contributed by atoms with Gasteiger partial charge in [-0.1, -0.05) is 28.1 Å². The van der Waals surface area contributed by atoms with Gasteiger partial charge in [0.2, 0.25) is 0 Å². The summed E-state index contributed by atoms with van der Waals surface area (Å²) in [4.78, 5) is 0. The van der Waals surface area contributed by atoms with Gasteiger partial charge in [0.05, 0.1) is 13.2 Å². The van der Waals surface area contributed by atoms with Crippen molar-refractivity contribution >= 4 is 15.9 Å². The van der Waals surface area contributed by atoms with Gasteiger partial charge >= 0.3 is 0 Å². The first-order chi connectivity index (χ1) is 9.67. The monoisotopic (exact) mass is 334 g/mol. The van der Waals surface area contributed by atoms with E-state index >= 15 is 0 Å². The van der Waals surface area contributed by atoms with Crippen LogP contribution < -0.4 is 9.47 Å². The average molecular weight is 335 g/mol. The summed E-state index contributed by atoms with van der Waals surface area (Å²) in [5.74, 6) is 1.53. The first-order valence-electron chi connectivity index (χ1n) is 6.45. The Hall–Kier alpha value is -1.52. The molecular weight excluding hydrogens is 320 g/mol. The molecule has 3 rings (SSSR count). The van der Waals surface area contributed by atoms with E-state index < -0.39 is 6.10 Å². The van der Waals surface area contributed by atoms with Crippen LogP contribution >= 0.6 is 15.9 Å². The van der Waals surface area contributed by atoms with E-state index in [0.717, 1.165) is 27.1 Å². The van der Waals surface area contributed by atoms with E-state index in [2.05, 4.69) is 15.9 Å². The van der Waals surface area contributed by atoms with E-state index in [4.69, 9.17) is 9.47 Å². The highest BCUT2D eigenvalue weighted by molar-refractivity contribution is 9.10. The molecule has 1 aliphatic heterocycles. The van der Waals surface area contributed by atoms with E-state index in [-0.39, 0.29) is 6.10 Å². The highest BCUT2D eigenvalue weighted by atomic mass is 79.9. The average Bonchev–Trinajstić information content (AvgIpc) is 2.48. The van der Waals surface area contributed by atoms with Crippen LogP contribution in [0.1, 0.15) is 29.8 Å². The van der Waals surface area contributed by atoms with E-state index in [9.17, 15) is 5.11 Å². The Balaban J connectivity index is 1.92. The highest BCUT2D eigenvalue weighted by Crippen LogP contribution is 2.42. The van der Waals surface area contributed by atoms with Crippen molar-refractivity contribution in [3.63, 3.8) is 0 Å². The lowest BCUT2D eigenvalue weighted by Crippen LogP contribution is -2.19. The minimum Gasteiger partial charge on any atom is -0.497 e. The van der Waals surface area contributed by atoms with Gasteiger partial charge in [0.25, 0.3) is 0 Å². The van der Waals surface area contributed by atoms with Crippen molar-refractivity contribution in [1.82, 2.24) is 0 Å². The quantitative estimate of drug-likeness (QED) is 0.901. The van der Waals surface area contributed by atoms with Gasteiger partial charge in [0, 0.05) is 16.5 Å². The number of methoxy groups -OCH3 is 1. The van der Waals surface area contributed by atoms with Gasteiger partial charge in [-0.2, -0.15) is 0 Å². The molecule has 0 spiro atoms. The molecule has 0 saturated carbocycles. The first-order valence-corrected chi connectivity index (χ1v) is 7.25. The number of rotatable bonds is 2. The molecule has 0 amide bonds. The molecule has 2 aromatic rings. The maximum Gasteiger partial charge on any atom is 0.127 e. The molecule has 3 nitrogen and oxygen atoms in total. The van der Waals surface area contributed by atoms with Crippen LogP contribution in [-0.4, -0.2) is 12.2 Å². The van der Waals surface area contributed by atoms with Crippen LogP contribution in [0.2, 0.25) is 0 Å². The first kappa shape index (κ1) is 13.5. The van der Waals surface area contributed by atoms with Gasteiger partial charge in [-0.3, -0.25) is 0 Å². The zero-order chi connectivity index (χ0) is 14.1. The molecule has 0 aromatic heterocycles. The van der Waals surface area contributed by atoms with Gasteiger partial charge in [-0.15, -0.1) is 0 Å². The Bertz CT molecular complexity index is 627. The third-order valence-electron chi connectivity index (χ3n) is 3.50. The van der Waals surface area contributed by atoms with Crippen LogP contribution in [-0.2, 0) is 0 Å². The summed E-state index contributed by atoms with van der Waals surface area (Å²) < 4.78 is 12.2. The van der Waals surface area contributed by atoms with E-state index in [0.29, 0.717) is 6.42 Å². The molecule has 1 heterocycles. The van der Waals surface area contributed by atoms with Crippen LogP contribution in [0.5, 0.6) is 11.5 Å². The molecule has 4 heteroatoms. The molecule has 104 valence electrons. The number of benzene rings is 2. The Morgan fingerprint density at radius 3 is 2.90 bits per heavy atom. The molecule has 20 heavy (non-hydrogen) atoms. The van der Waals surface area contributed by atoms with Crippen molar-refractivity contribution in [1.29, 1.82) is 0 Å². The fourth-order valence-corrected chi connectivity index (χ4v) is 2.84. The second-order valence-corrected chi connectivity index (χ2v) is 5.73. The van der Waals surface area contributed by atoms with Crippen LogP contribution in [0, 0.1) is 0 Å². The number of fused-ring (bicyclic) bond motifs is 1. The maximum absolute atomic E-state index is 10.3. The zero-order valence-corrected chi connectivity index (χ0v) is 12.6. The minimum absolute atomic E-state index is 0.159. The molecule has 1 aliphatic rings. The molecule has 0 radical (unpaired) electrons. The smallest absolute Gasteiger partial charge is 0.127 e. The summed E-state index contributed by atoms with van der Waals surface area (Å²) >= 11 is 3.41. The third-order valence-corrected chi connectivity index (χ3v) is 4.00. The van der Waals surface area contributed by atoms with E-state index in [1.165, 1.54) is 0 Å². The van der Waals surface area contributed by atoms with E-state index in [1.54, 1.807) is 7.11 Å². The van der Waals surface area contributed by atoms with Gasteiger partial charge in [-0.25, -0.2) is 0 Å².